The zero-order valence-corrected chi connectivity index (χ0v) is 12.4. The lowest BCUT2D eigenvalue weighted by atomic mass is 10.1. The Labute approximate surface area is 123 Å². The highest BCUT2D eigenvalue weighted by atomic mass is 19.3. The molecule has 4 nitrogen and oxygen atoms in total. The van der Waals surface area contributed by atoms with Crippen LogP contribution in [-0.4, -0.2) is 31.7 Å². The second-order valence-corrected chi connectivity index (χ2v) is 5.53. The maximum Gasteiger partial charge on any atom is 0.387 e. The fourth-order valence-electron chi connectivity index (χ4n) is 2.25. The lowest BCUT2D eigenvalue weighted by molar-refractivity contribution is -0.137. The lowest BCUT2D eigenvalue weighted by Crippen LogP contribution is -2.32. The molecule has 1 aliphatic rings. The molecule has 1 aromatic rings. The topological polar surface area (TPSA) is 39.7 Å². The summed E-state index contributed by atoms with van der Waals surface area (Å²) in [5.41, 5.74) is 0.881. The summed E-state index contributed by atoms with van der Waals surface area (Å²) in [6.45, 7) is 4.08. The highest BCUT2D eigenvalue weighted by molar-refractivity contribution is 5.30. The first-order valence-electron chi connectivity index (χ1n) is 6.96. The zero-order valence-electron chi connectivity index (χ0n) is 12.4. The first-order chi connectivity index (χ1) is 9.85. The van der Waals surface area contributed by atoms with Crippen molar-refractivity contribution in [2.45, 2.75) is 45.3 Å². The summed E-state index contributed by atoms with van der Waals surface area (Å²) in [6, 6.07) is 6.69. The van der Waals surface area contributed by atoms with Gasteiger partial charge in [-0.05, 0) is 38.5 Å². The second kappa shape index (κ2) is 6.68. The van der Waals surface area contributed by atoms with Gasteiger partial charge in [-0.3, -0.25) is 0 Å². The van der Waals surface area contributed by atoms with Crippen molar-refractivity contribution in [2.75, 3.05) is 13.2 Å². The molecule has 0 amide bonds. The standard InChI is InChI=1S/C15H21F2NO3/c1-10(18-8-13-9-19-15(2,3)21-13)11-5-4-6-12(7-11)20-14(16)17/h4-7,10,13-14,18H,8-9H2,1-3H3. The molecular formula is C15H21F2NO3. The Balaban J connectivity index is 1.87. The van der Waals surface area contributed by atoms with E-state index in [0.29, 0.717) is 13.2 Å². The highest BCUT2D eigenvalue weighted by Crippen LogP contribution is 2.23. The third-order valence-corrected chi connectivity index (χ3v) is 3.30. The zero-order chi connectivity index (χ0) is 15.5. The third-order valence-electron chi connectivity index (χ3n) is 3.30. The minimum atomic E-state index is -2.81. The van der Waals surface area contributed by atoms with Gasteiger partial charge in [-0.2, -0.15) is 8.78 Å². The predicted octanol–water partition coefficient (Wildman–Crippen LogP) is 3.09. The molecule has 2 unspecified atom stereocenters. The SMILES string of the molecule is CC(NCC1COC(C)(C)O1)c1cccc(OC(F)F)c1. The molecule has 1 N–H and O–H groups in total. The number of benzene rings is 1. The Morgan fingerprint density at radius 2 is 2.19 bits per heavy atom. The molecule has 0 radical (unpaired) electrons. The van der Waals surface area contributed by atoms with Crippen LogP contribution in [-0.2, 0) is 9.47 Å². The maximum absolute atomic E-state index is 12.2. The molecule has 21 heavy (non-hydrogen) atoms. The van der Waals surface area contributed by atoms with Crippen molar-refractivity contribution in [3.8, 4) is 5.75 Å². The summed E-state index contributed by atoms with van der Waals surface area (Å²) >= 11 is 0. The van der Waals surface area contributed by atoms with Crippen LogP contribution in [0.1, 0.15) is 32.4 Å². The van der Waals surface area contributed by atoms with Crippen molar-refractivity contribution in [1.82, 2.24) is 5.32 Å². The van der Waals surface area contributed by atoms with E-state index in [1.807, 2.05) is 26.8 Å². The van der Waals surface area contributed by atoms with Crippen LogP contribution >= 0.6 is 0 Å². The van der Waals surface area contributed by atoms with Crippen LogP contribution in [0, 0.1) is 0 Å². The van der Waals surface area contributed by atoms with E-state index < -0.39 is 12.4 Å². The van der Waals surface area contributed by atoms with Crippen LogP contribution in [0.15, 0.2) is 24.3 Å². The van der Waals surface area contributed by atoms with Crippen molar-refractivity contribution in [1.29, 1.82) is 0 Å². The van der Waals surface area contributed by atoms with E-state index in [4.69, 9.17) is 9.47 Å². The van der Waals surface area contributed by atoms with Crippen molar-refractivity contribution in [3.05, 3.63) is 29.8 Å². The highest BCUT2D eigenvalue weighted by Gasteiger charge is 2.32. The molecule has 0 saturated carbocycles. The van der Waals surface area contributed by atoms with Crippen LogP contribution in [0.5, 0.6) is 5.75 Å². The van der Waals surface area contributed by atoms with E-state index in [2.05, 4.69) is 10.1 Å². The van der Waals surface area contributed by atoms with Gasteiger partial charge < -0.3 is 19.5 Å². The quantitative estimate of drug-likeness (QED) is 0.876. The van der Waals surface area contributed by atoms with Gasteiger partial charge in [0, 0.05) is 12.6 Å². The number of nitrogens with one attached hydrogen (secondary N) is 1. The first-order valence-corrected chi connectivity index (χ1v) is 6.96. The van der Waals surface area contributed by atoms with Gasteiger partial charge in [-0.1, -0.05) is 12.1 Å². The third kappa shape index (κ3) is 4.91. The van der Waals surface area contributed by atoms with Gasteiger partial charge in [0.25, 0.3) is 0 Å². The van der Waals surface area contributed by atoms with Gasteiger partial charge in [0.15, 0.2) is 5.79 Å². The largest absolute Gasteiger partial charge is 0.435 e. The number of rotatable bonds is 6. The van der Waals surface area contributed by atoms with E-state index >= 15 is 0 Å². The van der Waals surface area contributed by atoms with Crippen LogP contribution in [0.3, 0.4) is 0 Å². The fourth-order valence-corrected chi connectivity index (χ4v) is 2.25. The molecule has 118 valence electrons. The average molecular weight is 301 g/mol. The summed E-state index contributed by atoms with van der Waals surface area (Å²) in [4.78, 5) is 0. The molecule has 1 aliphatic heterocycles. The average Bonchev–Trinajstić information content (AvgIpc) is 2.75. The molecular weight excluding hydrogens is 280 g/mol. The van der Waals surface area contributed by atoms with Gasteiger partial charge in [0.1, 0.15) is 5.75 Å². The van der Waals surface area contributed by atoms with Crippen molar-refractivity contribution in [3.63, 3.8) is 0 Å². The Hall–Kier alpha value is -1.24. The predicted molar refractivity (Wildman–Crippen MR) is 74.4 cm³/mol. The Bertz CT molecular complexity index is 468. The monoisotopic (exact) mass is 301 g/mol. The van der Waals surface area contributed by atoms with E-state index in [-0.39, 0.29) is 17.9 Å². The van der Waals surface area contributed by atoms with Gasteiger partial charge in [0.05, 0.1) is 12.7 Å². The molecule has 1 fully saturated rings. The summed E-state index contributed by atoms with van der Waals surface area (Å²) in [6.07, 6.45) is -0.0112. The summed E-state index contributed by atoms with van der Waals surface area (Å²) in [5, 5.41) is 3.31. The molecule has 2 atom stereocenters. The molecule has 2 rings (SSSR count). The Kier molecular flexibility index (Phi) is 5.13. The number of halogens is 2. The van der Waals surface area contributed by atoms with Crippen molar-refractivity contribution in [2.24, 2.45) is 0 Å². The second-order valence-electron chi connectivity index (χ2n) is 5.53. The van der Waals surface area contributed by atoms with E-state index in [9.17, 15) is 8.78 Å². The number of alkyl halides is 2. The van der Waals surface area contributed by atoms with Crippen LogP contribution in [0.25, 0.3) is 0 Å². The first kappa shape index (κ1) is 16.1. The molecule has 0 aliphatic carbocycles. The number of hydrogen-bond donors (Lipinski definition) is 1. The van der Waals surface area contributed by atoms with Crippen LogP contribution in [0.2, 0.25) is 0 Å². The lowest BCUT2D eigenvalue weighted by Gasteiger charge is -2.20. The summed E-state index contributed by atoms with van der Waals surface area (Å²) < 4.78 is 40.0. The minimum absolute atomic E-state index is 0.00136. The van der Waals surface area contributed by atoms with Crippen molar-refractivity contribution >= 4 is 0 Å². The molecule has 1 saturated heterocycles. The van der Waals surface area contributed by atoms with Gasteiger partial charge in [-0.15, -0.1) is 0 Å². The van der Waals surface area contributed by atoms with Gasteiger partial charge >= 0.3 is 6.61 Å². The van der Waals surface area contributed by atoms with E-state index in [1.54, 1.807) is 12.1 Å². The molecule has 1 heterocycles. The molecule has 6 heteroatoms. The molecule has 0 bridgehead atoms. The summed E-state index contributed by atoms with van der Waals surface area (Å²) in [5.74, 6) is -0.376. The smallest absolute Gasteiger partial charge is 0.387 e. The Morgan fingerprint density at radius 3 is 2.81 bits per heavy atom. The minimum Gasteiger partial charge on any atom is -0.435 e. The maximum atomic E-state index is 12.2. The van der Waals surface area contributed by atoms with E-state index in [1.165, 1.54) is 6.07 Å². The van der Waals surface area contributed by atoms with Gasteiger partial charge in [-0.25, -0.2) is 0 Å². The van der Waals surface area contributed by atoms with Crippen LogP contribution < -0.4 is 10.1 Å². The van der Waals surface area contributed by atoms with Crippen molar-refractivity contribution < 1.29 is 23.0 Å². The summed E-state index contributed by atoms with van der Waals surface area (Å²) in [7, 11) is 0. The fraction of sp³-hybridized carbons (Fsp3) is 0.600. The normalized spacial score (nSPS) is 22.5. The molecule has 0 spiro atoms. The Morgan fingerprint density at radius 1 is 1.43 bits per heavy atom. The van der Waals surface area contributed by atoms with E-state index in [0.717, 1.165) is 5.56 Å². The number of hydrogen-bond acceptors (Lipinski definition) is 4. The van der Waals surface area contributed by atoms with Crippen LogP contribution in [0.4, 0.5) is 8.78 Å². The van der Waals surface area contributed by atoms with Gasteiger partial charge in [0.2, 0.25) is 0 Å². The molecule has 0 aromatic heterocycles. The number of ether oxygens (including phenoxy) is 3. The molecule has 1 aromatic carbocycles.